The fourth-order valence-corrected chi connectivity index (χ4v) is 2.04. The molecule has 0 unspecified atom stereocenters. The highest BCUT2D eigenvalue weighted by atomic mass is 16.5. The van der Waals surface area contributed by atoms with Gasteiger partial charge in [0.1, 0.15) is 0 Å². The molecule has 19 heavy (non-hydrogen) atoms. The zero-order valence-corrected chi connectivity index (χ0v) is 12.3. The number of carbonyl (C=O) groups excluding carboxylic acids is 1. The second-order valence-corrected chi connectivity index (χ2v) is 5.02. The predicted octanol–water partition coefficient (Wildman–Crippen LogP) is -1.02. The van der Waals surface area contributed by atoms with E-state index in [1.807, 2.05) is 0 Å². The number of carbonyl (C=O) groups is 1. The van der Waals surface area contributed by atoms with Gasteiger partial charge in [-0.1, -0.05) is 0 Å². The molecule has 0 aromatic heterocycles. The van der Waals surface area contributed by atoms with Gasteiger partial charge in [-0.25, -0.2) is 0 Å². The van der Waals surface area contributed by atoms with E-state index in [2.05, 4.69) is 27.5 Å². The predicted molar refractivity (Wildman–Crippen MR) is 76.3 cm³/mol. The van der Waals surface area contributed by atoms with Crippen molar-refractivity contribution in [3.05, 3.63) is 0 Å². The molecule has 1 amide bonds. The van der Waals surface area contributed by atoms with Crippen LogP contribution < -0.4 is 10.6 Å². The van der Waals surface area contributed by atoms with Crippen molar-refractivity contribution in [2.45, 2.75) is 6.42 Å². The molecule has 0 aliphatic carbocycles. The molecule has 0 aromatic carbocycles. The van der Waals surface area contributed by atoms with Crippen molar-refractivity contribution in [2.24, 2.45) is 0 Å². The van der Waals surface area contributed by atoms with Crippen molar-refractivity contribution in [1.29, 1.82) is 0 Å². The van der Waals surface area contributed by atoms with E-state index in [1.165, 1.54) is 0 Å². The summed E-state index contributed by atoms with van der Waals surface area (Å²) in [5.74, 6) is 0.0643. The zero-order chi connectivity index (χ0) is 13.9. The van der Waals surface area contributed by atoms with Gasteiger partial charge in [0.2, 0.25) is 5.91 Å². The van der Waals surface area contributed by atoms with Gasteiger partial charge in [-0.3, -0.25) is 4.79 Å². The summed E-state index contributed by atoms with van der Waals surface area (Å²) in [5.41, 5.74) is 0. The molecule has 1 heterocycles. The number of rotatable bonds is 9. The van der Waals surface area contributed by atoms with E-state index in [0.29, 0.717) is 19.7 Å². The minimum Gasteiger partial charge on any atom is -0.383 e. The first kappa shape index (κ1) is 16.4. The Balaban J connectivity index is 1.91. The molecule has 0 atom stereocenters. The van der Waals surface area contributed by atoms with Crippen LogP contribution in [-0.4, -0.2) is 88.8 Å². The minimum absolute atomic E-state index is 0.0643. The lowest BCUT2D eigenvalue weighted by atomic mass is 10.3. The third-order valence-electron chi connectivity index (χ3n) is 3.34. The summed E-state index contributed by atoms with van der Waals surface area (Å²) in [6, 6.07) is 0. The number of amides is 1. The van der Waals surface area contributed by atoms with Gasteiger partial charge in [-0.05, 0) is 20.0 Å². The van der Waals surface area contributed by atoms with E-state index in [4.69, 9.17) is 4.74 Å². The summed E-state index contributed by atoms with van der Waals surface area (Å²) in [7, 11) is 3.81. The van der Waals surface area contributed by atoms with E-state index in [9.17, 15) is 4.79 Å². The van der Waals surface area contributed by atoms with Crippen LogP contribution in [0.25, 0.3) is 0 Å². The fraction of sp³-hybridized carbons (Fsp3) is 0.923. The lowest BCUT2D eigenvalue weighted by Gasteiger charge is -2.32. The van der Waals surface area contributed by atoms with Crippen molar-refractivity contribution >= 4 is 5.91 Å². The number of likely N-dealkylation sites (N-methyl/N-ethyl adjacent to an activating group) is 1. The van der Waals surface area contributed by atoms with Crippen molar-refractivity contribution in [3.63, 3.8) is 0 Å². The van der Waals surface area contributed by atoms with Crippen LogP contribution >= 0.6 is 0 Å². The molecule has 0 saturated carbocycles. The minimum atomic E-state index is 0.0643. The van der Waals surface area contributed by atoms with E-state index in [-0.39, 0.29) is 5.91 Å². The molecule has 1 aliphatic rings. The van der Waals surface area contributed by atoms with Gasteiger partial charge in [0, 0.05) is 46.4 Å². The number of ether oxygens (including phenoxy) is 1. The number of piperazine rings is 1. The number of hydrogen-bond donors (Lipinski definition) is 2. The summed E-state index contributed by atoms with van der Waals surface area (Å²) in [5, 5.41) is 5.96. The van der Waals surface area contributed by atoms with Gasteiger partial charge in [0.05, 0.1) is 13.2 Å². The average Bonchev–Trinajstić information content (AvgIpc) is 2.42. The molecule has 112 valence electrons. The first-order valence-corrected chi connectivity index (χ1v) is 7.09. The second kappa shape index (κ2) is 10.1. The topological polar surface area (TPSA) is 56.8 Å². The van der Waals surface area contributed by atoms with Crippen LogP contribution in [0.5, 0.6) is 0 Å². The van der Waals surface area contributed by atoms with Gasteiger partial charge in [0.15, 0.2) is 0 Å². The van der Waals surface area contributed by atoms with Crippen LogP contribution in [0.2, 0.25) is 0 Å². The fourth-order valence-electron chi connectivity index (χ4n) is 2.04. The maximum Gasteiger partial charge on any atom is 0.233 e. The van der Waals surface area contributed by atoms with Crippen LogP contribution in [0, 0.1) is 0 Å². The Morgan fingerprint density at radius 3 is 2.63 bits per heavy atom. The molecule has 0 spiro atoms. The Labute approximate surface area is 116 Å². The van der Waals surface area contributed by atoms with Crippen LogP contribution in [0.15, 0.2) is 0 Å². The Morgan fingerprint density at radius 2 is 1.95 bits per heavy atom. The van der Waals surface area contributed by atoms with E-state index in [0.717, 1.165) is 45.7 Å². The van der Waals surface area contributed by atoms with Gasteiger partial charge < -0.3 is 25.2 Å². The lowest BCUT2D eigenvalue weighted by Crippen LogP contribution is -2.45. The van der Waals surface area contributed by atoms with E-state index in [1.54, 1.807) is 7.11 Å². The summed E-state index contributed by atoms with van der Waals surface area (Å²) in [4.78, 5) is 16.3. The molecular formula is C13H28N4O2. The molecule has 1 fully saturated rings. The highest BCUT2D eigenvalue weighted by molar-refractivity contribution is 5.77. The van der Waals surface area contributed by atoms with Crippen molar-refractivity contribution < 1.29 is 9.53 Å². The average molecular weight is 272 g/mol. The Hall–Kier alpha value is -0.690. The molecule has 1 rings (SSSR count). The standard InChI is InChI=1S/C13H28N4O2/c1-16-7-9-17(10-8-16)6-3-4-15-13(18)12-14-5-11-19-2/h14H,3-12H2,1-2H3,(H,15,18). The maximum atomic E-state index is 11.5. The second-order valence-electron chi connectivity index (χ2n) is 5.02. The number of nitrogens with one attached hydrogen (secondary N) is 2. The smallest absolute Gasteiger partial charge is 0.233 e. The number of hydrogen-bond acceptors (Lipinski definition) is 5. The van der Waals surface area contributed by atoms with Gasteiger partial charge in [-0.15, -0.1) is 0 Å². The zero-order valence-electron chi connectivity index (χ0n) is 12.3. The largest absolute Gasteiger partial charge is 0.383 e. The molecule has 1 aliphatic heterocycles. The number of methoxy groups -OCH3 is 1. The summed E-state index contributed by atoms with van der Waals surface area (Å²) >= 11 is 0. The highest BCUT2D eigenvalue weighted by Gasteiger charge is 2.12. The van der Waals surface area contributed by atoms with Crippen LogP contribution in [0.1, 0.15) is 6.42 Å². The van der Waals surface area contributed by atoms with Crippen LogP contribution in [-0.2, 0) is 9.53 Å². The molecule has 2 N–H and O–H groups in total. The third kappa shape index (κ3) is 8.15. The maximum absolute atomic E-state index is 11.5. The van der Waals surface area contributed by atoms with Crippen LogP contribution in [0.4, 0.5) is 0 Å². The van der Waals surface area contributed by atoms with E-state index < -0.39 is 0 Å². The monoisotopic (exact) mass is 272 g/mol. The van der Waals surface area contributed by atoms with Gasteiger partial charge >= 0.3 is 0 Å². The molecular weight excluding hydrogens is 244 g/mol. The van der Waals surface area contributed by atoms with Crippen molar-refractivity contribution in [2.75, 3.05) is 73.1 Å². The molecule has 0 aromatic rings. The Morgan fingerprint density at radius 1 is 1.21 bits per heavy atom. The number of nitrogens with zero attached hydrogens (tertiary/aromatic N) is 2. The first-order chi connectivity index (χ1) is 9.22. The third-order valence-corrected chi connectivity index (χ3v) is 3.34. The molecule has 1 saturated heterocycles. The molecule has 6 nitrogen and oxygen atoms in total. The van der Waals surface area contributed by atoms with Gasteiger partial charge in [-0.2, -0.15) is 0 Å². The lowest BCUT2D eigenvalue weighted by molar-refractivity contribution is -0.120. The quantitative estimate of drug-likeness (QED) is 0.526. The van der Waals surface area contributed by atoms with Crippen molar-refractivity contribution in [3.8, 4) is 0 Å². The summed E-state index contributed by atoms with van der Waals surface area (Å²) < 4.78 is 4.89. The summed E-state index contributed by atoms with van der Waals surface area (Å²) in [6.45, 7) is 8.14. The SMILES string of the molecule is COCCNCC(=O)NCCCN1CCN(C)CC1. The highest BCUT2D eigenvalue weighted by Crippen LogP contribution is 1.99. The van der Waals surface area contributed by atoms with E-state index >= 15 is 0 Å². The Kier molecular flexibility index (Phi) is 8.73. The Bertz CT molecular complexity index is 243. The van der Waals surface area contributed by atoms with Crippen LogP contribution in [0.3, 0.4) is 0 Å². The normalized spacial score (nSPS) is 17.6. The molecule has 6 heteroatoms. The van der Waals surface area contributed by atoms with Gasteiger partial charge in [0.25, 0.3) is 0 Å². The first-order valence-electron chi connectivity index (χ1n) is 7.09. The summed E-state index contributed by atoms with van der Waals surface area (Å²) in [6.07, 6.45) is 1.02. The molecule has 0 bridgehead atoms. The molecule has 0 radical (unpaired) electrons. The van der Waals surface area contributed by atoms with Crippen molar-refractivity contribution in [1.82, 2.24) is 20.4 Å².